The molecular weight excluding hydrogens is 318 g/mol. The molecule has 0 aliphatic heterocycles. The molecule has 0 saturated heterocycles. The first-order chi connectivity index (χ1) is 11.1. The van der Waals surface area contributed by atoms with Crippen molar-refractivity contribution in [2.75, 3.05) is 0 Å². The highest BCUT2D eigenvalue weighted by molar-refractivity contribution is 7.89. The molecule has 2 saturated carbocycles. The predicted octanol–water partition coefficient (Wildman–Crippen LogP) is 4.33. The monoisotopic (exact) mass is 349 g/mol. The molecule has 1 aromatic rings. The molecule has 2 fully saturated rings. The molecule has 1 aromatic carbocycles. The van der Waals surface area contributed by atoms with Crippen LogP contribution in [0.25, 0.3) is 0 Å². The molecule has 0 aromatic heterocycles. The largest absolute Gasteiger partial charge is 0.241 e. The van der Waals surface area contributed by atoms with E-state index in [1.165, 1.54) is 31.2 Å². The van der Waals surface area contributed by atoms with E-state index in [1.807, 2.05) is 27.7 Å². The van der Waals surface area contributed by atoms with Crippen molar-refractivity contribution in [2.45, 2.75) is 78.2 Å². The molecule has 134 valence electrons. The molecule has 4 heteroatoms. The lowest BCUT2D eigenvalue weighted by molar-refractivity contribution is 0.280. The number of hydrogen-bond donors (Lipinski definition) is 1. The van der Waals surface area contributed by atoms with Crippen LogP contribution in [0.2, 0.25) is 0 Å². The second-order valence-electron chi connectivity index (χ2n) is 8.20. The molecule has 24 heavy (non-hydrogen) atoms. The molecule has 2 aliphatic carbocycles. The Balaban J connectivity index is 1.91. The third kappa shape index (κ3) is 2.82. The van der Waals surface area contributed by atoms with E-state index in [-0.39, 0.29) is 6.04 Å². The second kappa shape index (κ2) is 6.14. The highest BCUT2D eigenvalue weighted by Gasteiger charge is 2.42. The summed E-state index contributed by atoms with van der Waals surface area (Å²) in [4.78, 5) is 0.498. The Morgan fingerprint density at radius 3 is 1.88 bits per heavy atom. The minimum atomic E-state index is -3.49. The van der Waals surface area contributed by atoms with Gasteiger partial charge in [0.05, 0.1) is 4.90 Å². The maximum absolute atomic E-state index is 13.2. The van der Waals surface area contributed by atoms with Gasteiger partial charge in [0, 0.05) is 6.04 Å². The molecule has 4 atom stereocenters. The Labute approximate surface area is 147 Å². The number of fused-ring (bicyclic) bond motifs is 2. The highest BCUT2D eigenvalue weighted by atomic mass is 32.2. The van der Waals surface area contributed by atoms with Crippen LogP contribution < -0.4 is 4.72 Å². The number of rotatable bonds is 4. The smallest absolute Gasteiger partial charge is 0.208 e. The molecule has 0 spiro atoms. The van der Waals surface area contributed by atoms with Crippen LogP contribution in [0.5, 0.6) is 0 Å². The lowest BCUT2D eigenvalue weighted by Crippen LogP contribution is -2.40. The average molecular weight is 350 g/mol. The zero-order valence-corrected chi connectivity index (χ0v) is 16.7. The minimum absolute atomic E-state index is 0.0195. The van der Waals surface area contributed by atoms with Crippen LogP contribution in [0.1, 0.15) is 60.4 Å². The van der Waals surface area contributed by atoms with Crippen molar-refractivity contribution < 1.29 is 8.42 Å². The van der Waals surface area contributed by atoms with E-state index in [0.29, 0.717) is 10.8 Å². The number of hydrogen-bond acceptors (Lipinski definition) is 2. The van der Waals surface area contributed by atoms with E-state index < -0.39 is 10.0 Å². The summed E-state index contributed by atoms with van der Waals surface area (Å²) >= 11 is 0. The van der Waals surface area contributed by atoms with Crippen molar-refractivity contribution in [3.05, 3.63) is 27.8 Å². The fourth-order valence-corrected chi connectivity index (χ4v) is 7.06. The van der Waals surface area contributed by atoms with Gasteiger partial charge in [-0.15, -0.1) is 0 Å². The lowest BCUT2D eigenvalue weighted by Gasteiger charge is -2.29. The molecular formula is C20H31NO2S. The van der Waals surface area contributed by atoms with Crippen LogP contribution in [-0.2, 0) is 10.0 Å². The first-order valence-electron chi connectivity index (χ1n) is 9.22. The maximum Gasteiger partial charge on any atom is 0.241 e. The standard InChI is InChI=1S/C20H31NO2S/c1-11-12(2)14(4)20(15(5)13(11)3)24(22,23)21-16(6)19-10-17-7-8-18(19)9-17/h16-19,21H,7-10H2,1-6H3. The molecule has 0 heterocycles. The van der Waals surface area contributed by atoms with E-state index in [9.17, 15) is 8.42 Å². The zero-order valence-electron chi connectivity index (χ0n) is 15.9. The van der Waals surface area contributed by atoms with Gasteiger partial charge in [0.25, 0.3) is 0 Å². The Morgan fingerprint density at radius 2 is 1.42 bits per heavy atom. The first kappa shape index (κ1) is 17.9. The fraction of sp³-hybridized carbons (Fsp3) is 0.700. The van der Waals surface area contributed by atoms with E-state index in [2.05, 4.69) is 18.6 Å². The predicted molar refractivity (Wildman–Crippen MR) is 98.8 cm³/mol. The Bertz CT molecular complexity index is 737. The van der Waals surface area contributed by atoms with E-state index in [4.69, 9.17) is 0 Å². The van der Waals surface area contributed by atoms with Gasteiger partial charge in [0.1, 0.15) is 0 Å². The Kier molecular flexibility index (Phi) is 4.59. The summed E-state index contributed by atoms with van der Waals surface area (Å²) in [6.07, 6.45) is 5.12. The van der Waals surface area contributed by atoms with Gasteiger partial charge in [-0.2, -0.15) is 0 Å². The first-order valence-corrected chi connectivity index (χ1v) is 10.7. The van der Waals surface area contributed by atoms with Crippen molar-refractivity contribution in [3.63, 3.8) is 0 Å². The summed E-state index contributed by atoms with van der Waals surface area (Å²) in [5.41, 5.74) is 5.16. The molecule has 3 rings (SSSR count). The van der Waals surface area contributed by atoms with Gasteiger partial charge in [-0.3, -0.25) is 0 Å². The Hall–Kier alpha value is -0.870. The summed E-state index contributed by atoms with van der Waals surface area (Å²) in [7, 11) is -3.49. The van der Waals surface area contributed by atoms with Crippen LogP contribution >= 0.6 is 0 Å². The van der Waals surface area contributed by atoms with E-state index in [1.54, 1.807) is 0 Å². The highest BCUT2D eigenvalue weighted by Crippen LogP contribution is 2.49. The van der Waals surface area contributed by atoms with Crippen LogP contribution in [0.3, 0.4) is 0 Å². The number of nitrogens with one attached hydrogen (secondary N) is 1. The third-order valence-electron chi connectivity index (χ3n) is 6.98. The lowest BCUT2D eigenvalue weighted by atomic mass is 9.84. The molecule has 3 nitrogen and oxygen atoms in total. The Morgan fingerprint density at radius 1 is 0.875 bits per heavy atom. The molecule has 0 amide bonds. The third-order valence-corrected chi connectivity index (χ3v) is 8.81. The second-order valence-corrected chi connectivity index (χ2v) is 9.85. The van der Waals surface area contributed by atoms with Gasteiger partial charge in [-0.25, -0.2) is 13.1 Å². The van der Waals surface area contributed by atoms with Gasteiger partial charge in [0.2, 0.25) is 10.0 Å². The quantitative estimate of drug-likeness (QED) is 0.879. The van der Waals surface area contributed by atoms with Crippen LogP contribution in [0.4, 0.5) is 0 Å². The van der Waals surface area contributed by atoms with E-state index in [0.717, 1.165) is 34.1 Å². The van der Waals surface area contributed by atoms with E-state index >= 15 is 0 Å². The fourth-order valence-electron chi connectivity index (χ4n) is 5.17. The summed E-state index contributed by atoms with van der Waals surface area (Å²) in [5, 5.41) is 0. The number of benzene rings is 1. The van der Waals surface area contributed by atoms with Crippen molar-refractivity contribution >= 4 is 10.0 Å². The summed E-state index contributed by atoms with van der Waals surface area (Å²) in [6.45, 7) is 12.1. The minimum Gasteiger partial charge on any atom is -0.208 e. The van der Waals surface area contributed by atoms with Crippen molar-refractivity contribution in [1.82, 2.24) is 4.72 Å². The molecule has 4 unspecified atom stereocenters. The van der Waals surface area contributed by atoms with Gasteiger partial charge in [-0.1, -0.05) is 6.42 Å². The van der Waals surface area contributed by atoms with Gasteiger partial charge in [0.15, 0.2) is 0 Å². The molecule has 1 N–H and O–H groups in total. The normalized spacial score (nSPS) is 27.7. The molecule has 0 radical (unpaired) electrons. The van der Waals surface area contributed by atoms with Crippen molar-refractivity contribution in [2.24, 2.45) is 17.8 Å². The average Bonchev–Trinajstić information content (AvgIpc) is 3.13. The zero-order chi connectivity index (χ0) is 17.8. The molecule has 2 bridgehead atoms. The van der Waals surface area contributed by atoms with Crippen LogP contribution in [0, 0.1) is 52.4 Å². The van der Waals surface area contributed by atoms with Crippen LogP contribution in [0.15, 0.2) is 4.90 Å². The van der Waals surface area contributed by atoms with Crippen molar-refractivity contribution in [3.8, 4) is 0 Å². The summed E-state index contributed by atoms with van der Waals surface area (Å²) < 4.78 is 29.3. The van der Waals surface area contributed by atoms with Gasteiger partial charge < -0.3 is 0 Å². The van der Waals surface area contributed by atoms with Gasteiger partial charge in [-0.05, 0) is 106 Å². The topological polar surface area (TPSA) is 46.2 Å². The molecule has 2 aliphatic rings. The maximum atomic E-state index is 13.2. The number of sulfonamides is 1. The van der Waals surface area contributed by atoms with Crippen molar-refractivity contribution in [1.29, 1.82) is 0 Å². The SMILES string of the molecule is Cc1c(C)c(C)c(S(=O)(=O)NC(C)C2CC3CCC2C3)c(C)c1C. The summed E-state index contributed by atoms with van der Waals surface area (Å²) in [6, 6.07) is 0.0195. The van der Waals surface area contributed by atoms with Gasteiger partial charge >= 0.3 is 0 Å². The van der Waals surface area contributed by atoms with Crippen LogP contribution in [-0.4, -0.2) is 14.5 Å². The summed E-state index contributed by atoms with van der Waals surface area (Å²) in [5.74, 6) is 2.06.